The molecule has 0 aliphatic heterocycles. The van der Waals surface area contributed by atoms with Gasteiger partial charge < -0.3 is 9.84 Å². The highest BCUT2D eigenvalue weighted by atomic mass is 16.5. The summed E-state index contributed by atoms with van der Waals surface area (Å²) in [5, 5.41) is 9.34. The Balaban J connectivity index is 1.70. The van der Waals surface area contributed by atoms with E-state index in [-0.39, 0.29) is 0 Å². The third-order valence-electron chi connectivity index (χ3n) is 4.40. The van der Waals surface area contributed by atoms with Gasteiger partial charge in [-0.15, -0.1) is 0 Å². The molecule has 1 N–H and O–H groups in total. The molecule has 0 heterocycles. The van der Waals surface area contributed by atoms with Crippen molar-refractivity contribution in [3.8, 4) is 0 Å². The molecule has 0 saturated heterocycles. The lowest BCUT2D eigenvalue weighted by Crippen LogP contribution is -2.29. The van der Waals surface area contributed by atoms with Crippen LogP contribution in [0.2, 0.25) is 0 Å². The van der Waals surface area contributed by atoms with Gasteiger partial charge in [0, 0.05) is 6.61 Å². The summed E-state index contributed by atoms with van der Waals surface area (Å²) in [4.78, 5) is 0. The van der Waals surface area contributed by atoms with Crippen molar-refractivity contribution in [1.82, 2.24) is 0 Å². The predicted octanol–water partition coefficient (Wildman–Crippen LogP) is 3.13. The third kappa shape index (κ3) is 3.46. The van der Waals surface area contributed by atoms with Gasteiger partial charge in [0.05, 0.1) is 12.7 Å². The normalized spacial score (nSPS) is 32.8. The second kappa shape index (κ2) is 6.61. The first kappa shape index (κ1) is 12.4. The number of rotatable bonds is 4. The number of hydrogen-bond donors (Lipinski definition) is 1. The van der Waals surface area contributed by atoms with Gasteiger partial charge in [-0.2, -0.15) is 0 Å². The Morgan fingerprint density at radius 1 is 0.812 bits per heavy atom. The maximum atomic E-state index is 9.34. The van der Waals surface area contributed by atoms with E-state index in [1.54, 1.807) is 0 Å². The zero-order valence-corrected chi connectivity index (χ0v) is 10.4. The van der Waals surface area contributed by atoms with Crippen LogP contribution >= 0.6 is 0 Å². The van der Waals surface area contributed by atoms with Crippen LogP contribution < -0.4 is 0 Å². The molecule has 0 aromatic carbocycles. The van der Waals surface area contributed by atoms with E-state index in [2.05, 4.69) is 0 Å². The Hall–Kier alpha value is -0.0800. The molecule has 16 heavy (non-hydrogen) atoms. The van der Waals surface area contributed by atoms with Gasteiger partial charge in [0.15, 0.2) is 0 Å². The van der Waals surface area contributed by atoms with Crippen LogP contribution in [0.1, 0.15) is 57.8 Å². The second-order valence-corrected chi connectivity index (χ2v) is 5.58. The fraction of sp³-hybridized carbons (Fsp3) is 1.00. The standard InChI is InChI=1S/C14H26O2/c15-10-12-6-4-5-7-13(12)11-16-14-8-2-1-3-9-14/h12-15H,1-11H2. The topological polar surface area (TPSA) is 29.5 Å². The molecule has 0 aromatic rings. The summed E-state index contributed by atoms with van der Waals surface area (Å²) < 4.78 is 6.04. The van der Waals surface area contributed by atoms with Gasteiger partial charge in [-0.1, -0.05) is 32.1 Å². The minimum atomic E-state index is 0.360. The van der Waals surface area contributed by atoms with Crippen molar-refractivity contribution < 1.29 is 9.84 Å². The van der Waals surface area contributed by atoms with Gasteiger partial charge in [-0.3, -0.25) is 0 Å². The van der Waals surface area contributed by atoms with Crippen LogP contribution in [0.4, 0.5) is 0 Å². The lowest BCUT2D eigenvalue weighted by molar-refractivity contribution is -0.0200. The summed E-state index contributed by atoms with van der Waals surface area (Å²) in [5.74, 6) is 1.14. The molecule has 2 atom stereocenters. The SMILES string of the molecule is OCC1CCCCC1COC1CCCCC1. The zero-order chi connectivity index (χ0) is 11.2. The van der Waals surface area contributed by atoms with E-state index in [0.717, 1.165) is 6.61 Å². The number of hydrogen-bond acceptors (Lipinski definition) is 2. The van der Waals surface area contributed by atoms with Crippen molar-refractivity contribution in [2.45, 2.75) is 63.9 Å². The summed E-state index contributed by atoms with van der Waals surface area (Å²) in [6.07, 6.45) is 12.2. The lowest BCUT2D eigenvalue weighted by Gasteiger charge is -2.32. The lowest BCUT2D eigenvalue weighted by atomic mass is 9.80. The van der Waals surface area contributed by atoms with Crippen LogP contribution in [0, 0.1) is 11.8 Å². The van der Waals surface area contributed by atoms with Crippen LogP contribution in [-0.2, 0) is 4.74 Å². The molecule has 2 rings (SSSR count). The summed E-state index contributed by atoms with van der Waals surface area (Å²) in [5.41, 5.74) is 0. The van der Waals surface area contributed by atoms with Gasteiger partial charge in [-0.25, -0.2) is 0 Å². The van der Waals surface area contributed by atoms with Crippen LogP contribution in [0.25, 0.3) is 0 Å². The molecular weight excluding hydrogens is 200 g/mol. The fourth-order valence-electron chi connectivity index (χ4n) is 3.24. The molecule has 2 saturated carbocycles. The smallest absolute Gasteiger partial charge is 0.0575 e. The van der Waals surface area contributed by atoms with E-state index in [1.807, 2.05) is 0 Å². The molecule has 0 spiro atoms. The molecule has 0 amide bonds. The molecule has 0 bridgehead atoms. The molecule has 2 unspecified atom stereocenters. The van der Waals surface area contributed by atoms with Crippen LogP contribution in [0.15, 0.2) is 0 Å². The molecule has 2 fully saturated rings. The first-order valence-corrected chi connectivity index (χ1v) is 7.12. The number of aliphatic hydroxyl groups is 1. The Kier molecular flexibility index (Phi) is 5.11. The van der Waals surface area contributed by atoms with E-state index >= 15 is 0 Å². The maximum Gasteiger partial charge on any atom is 0.0575 e. The number of aliphatic hydroxyl groups excluding tert-OH is 1. The van der Waals surface area contributed by atoms with Gasteiger partial charge in [-0.05, 0) is 37.5 Å². The Labute approximate surface area is 99.4 Å². The van der Waals surface area contributed by atoms with E-state index in [9.17, 15) is 5.11 Å². The highest BCUT2D eigenvalue weighted by Crippen LogP contribution is 2.31. The molecule has 0 aromatic heterocycles. The molecule has 2 heteroatoms. The van der Waals surface area contributed by atoms with Crippen LogP contribution in [-0.4, -0.2) is 24.4 Å². The quantitative estimate of drug-likeness (QED) is 0.798. The Bertz CT molecular complexity index is 187. The molecular formula is C14H26O2. The van der Waals surface area contributed by atoms with Crippen LogP contribution in [0.3, 0.4) is 0 Å². The monoisotopic (exact) mass is 226 g/mol. The van der Waals surface area contributed by atoms with Gasteiger partial charge in [0.25, 0.3) is 0 Å². The minimum Gasteiger partial charge on any atom is -0.396 e. The summed E-state index contributed by atoms with van der Waals surface area (Å²) in [7, 11) is 0. The third-order valence-corrected chi connectivity index (χ3v) is 4.40. The zero-order valence-electron chi connectivity index (χ0n) is 10.4. The molecule has 0 radical (unpaired) electrons. The van der Waals surface area contributed by atoms with Crippen molar-refractivity contribution >= 4 is 0 Å². The van der Waals surface area contributed by atoms with E-state index in [0.29, 0.717) is 24.5 Å². The largest absolute Gasteiger partial charge is 0.396 e. The number of ether oxygens (including phenoxy) is 1. The average molecular weight is 226 g/mol. The van der Waals surface area contributed by atoms with Crippen LogP contribution in [0.5, 0.6) is 0 Å². The Morgan fingerprint density at radius 3 is 2.12 bits per heavy atom. The molecule has 2 aliphatic carbocycles. The van der Waals surface area contributed by atoms with E-state index in [1.165, 1.54) is 57.8 Å². The molecule has 2 nitrogen and oxygen atoms in total. The minimum absolute atomic E-state index is 0.360. The van der Waals surface area contributed by atoms with Crippen molar-refractivity contribution in [2.24, 2.45) is 11.8 Å². The summed E-state index contributed by atoms with van der Waals surface area (Å²) in [6.45, 7) is 1.26. The van der Waals surface area contributed by atoms with Crippen molar-refractivity contribution in [3.63, 3.8) is 0 Å². The first-order valence-electron chi connectivity index (χ1n) is 7.12. The average Bonchev–Trinajstić information content (AvgIpc) is 2.38. The highest BCUT2D eigenvalue weighted by molar-refractivity contribution is 4.75. The van der Waals surface area contributed by atoms with E-state index in [4.69, 9.17) is 4.74 Å². The van der Waals surface area contributed by atoms with Gasteiger partial charge in [0.1, 0.15) is 0 Å². The van der Waals surface area contributed by atoms with Crippen molar-refractivity contribution in [1.29, 1.82) is 0 Å². The summed E-state index contributed by atoms with van der Waals surface area (Å²) >= 11 is 0. The van der Waals surface area contributed by atoms with Gasteiger partial charge >= 0.3 is 0 Å². The second-order valence-electron chi connectivity index (χ2n) is 5.58. The van der Waals surface area contributed by atoms with E-state index < -0.39 is 0 Å². The predicted molar refractivity (Wildman–Crippen MR) is 65.4 cm³/mol. The van der Waals surface area contributed by atoms with Crippen molar-refractivity contribution in [2.75, 3.05) is 13.2 Å². The highest BCUT2D eigenvalue weighted by Gasteiger charge is 2.25. The van der Waals surface area contributed by atoms with Crippen molar-refractivity contribution in [3.05, 3.63) is 0 Å². The fourth-order valence-corrected chi connectivity index (χ4v) is 3.24. The Morgan fingerprint density at radius 2 is 1.44 bits per heavy atom. The molecule has 94 valence electrons. The summed E-state index contributed by atoms with van der Waals surface area (Å²) in [6, 6.07) is 0. The van der Waals surface area contributed by atoms with Gasteiger partial charge in [0.2, 0.25) is 0 Å². The molecule has 2 aliphatic rings. The maximum absolute atomic E-state index is 9.34. The first-order chi connectivity index (χ1) is 7.90.